The molecule has 1 aromatic rings. The van der Waals surface area contributed by atoms with Crippen molar-refractivity contribution in [3.8, 4) is 11.5 Å². The molecule has 30 heavy (non-hydrogen) atoms. The van der Waals surface area contributed by atoms with E-state index in [-0.39, 0.29) is 23.2 Å². The molecule has 1 fully saturated rings. The summed E-state index contributed by atoms with van der Waals surface area (Å²) >= 11 is 0. The lowest BCUT2D eigenvalue weighted by Gasteiger charge is -2.49. The second-order valence-corrected chi connectivity index (χ2v) is 9.51. The van der Waals surface area contributed by atoms with E-state index in [1.165, 1.54) is 13.8 Å². The number of allylic oxidation sites excluding steroid dienone is 2. The van der Waals surface area contributed by atoms with Gasteiger partial charge in [-0.3, -0.25) is 14.4 Å². The van der Waals surface area contributed by atoms with Gasteiger partial charge in [0.05, 0.1) is 0 Å². The van der Waals surface area contributed by atoms with Crippen molar-refractivity contribution < 1.29 is 29.0 Å². The highest BCUT2D eigenvalue weighted by Crippen LogP contribution is 2.60. The molecule has 2 aliphatic rings. The van der Waals surface area contributed by atoms with Crippen LogP contribution in [-0.2, 0) is 19.7 Å². The molecule has 0 heterocycles. The van der Waals surface area contributed by atoms with Gasteiger partial charge < -0.3 is 14.6 Å². The van der Waals surface area contributed by atoms with Gasteiger partial charge in [0.2, 0.25) is 5.78 Å². The summed E-state index contributed by atoms with van der Waals surface area (Å²) in [5.41, 5.74) is 0.883. The van der Waals surface area contributed by atoms with Gasteiger partial charge in [0.15, 0.2) is 17.3 Å². The number of ketones is 1. The topological polar surface area (TPSA) is 89.9 Å². The summed E-state index contributed by atoms with van der Waals surface area (Å²) in [6, 6.07) is 1.67. The lowest BCUT2D eigenvalue weighted by atomic mass is 9.54. The molecule has 0 aromatic heterocycles. The number of hydrogen-bond acceptors (Lipinski definition) is 6. The Bertz CT molecular complexity index is 982. The van der Waals surface area contributed by atoms with E-state index in [1.54, 1.807) is 6.07 Å². The number of esters is 2. The van der Waals surface area contributed by atoms with Crippen LogP contribution >= 0.6 is 0 Å². The maximum absolute atomic E-state index is 13.5. The van der Waals surface area contributed by atoms with E-state index >= 15 is 0 Å². The number of phenolic OH excluding ortho intramolecular Hbond substituents is 1. The molecule has 0 spiro atoms. The third-order valence-corrected chi connectivity index (χ3v) is 6.33. The van der Waals surface area contributed by atoms with Crippen molar-refractivity contribution in [3.63, 3.8) is 0 Å². The fourth-order valence-electron chi connectivity index (χ4n) is 5.25. The van der Waals surface area contributed by atoms with Gasteiger partial charge in [-0.2, -0.15) is 0 Å². The van der Waals surface area contributed by atoms with Gasteiger partial charge in [-0.25, -0.2) is 0 Å². The maximum Gasteiger partial charge on any atom is 0.308 e. The summed E-state index contributed by atoms with van der Waals surface area (Å²) in [6.45, 7) is 12.3. The number of carbonyl (C=O) groups excluding carboxylic acids is 3. The number of ether oxygens (including phenoxy) is 2. The highest BCUT2D eigenvalue weighted by atomic mass is 16.5. The zero-order chi connectivity index (χ0) is 22.6. The van der Waals surface area contributed by atoms with E-state index in [0.717, 1.165) is 18.4 Å². The minimum Gasteiger partial charge on any atom is -0.504 e. The van der Waals surface area contributed by atoms with E-state index in [4.69, 9.17) is 9.47 Å². The molecule has 1 N–H and O–H groups in total. The number of fused-ring (bicyclic) bond motifs is 3. The molecular weight excluding hydrogens is 384 g/mol. The molecule has 2 aliphatic carbocycles. The molecule has 1 atom stereocenters. The van der Waals surface area contributed by atoms with Gasteiger partial charge in [-0.1, -0.05) is 41.0 Å². The molecule has 0 unspecified atom stereocenters. The van der Waals surface area contributed by atoms with E-state index in [0.29, 0.717) is 23.1 Å². The predicted octanol–water partition coefficient (Wildman–Crippen LogP) is 4.92. The zero-order valence-electron chi connectivity index (χ0n) is 18.8. The van der Waals surface area contributed by atoms with Crippen molar-refractivity contribution in [3.05, 3.63) is 34.1 Å². The predicted molar refractivity (Wildman–Crippen MR) is 112 cm³/mol. The Balaban J connectivity index is 2.42. The van der Waals surface area contributed by atoms with Crippen molar-refractivity contribution in [1.82, 2.24) is 0 Å². The third kappa shape index (κ3) is 3.32. The number of hydrogen-bond donors (Lipinski definition) is 1. The van der Waals surface area contributed by atoms with Gasteiger partial charge >= 0.3 is 11.9 Å². The van der Waals surface area contributed by atoms with Crippen molar-refractivity contribution in [2.75, 3.05) is 0 Å². The summed E-state index contributed by atoms with van der Waals surface area (Å²) < 4.78 is 10.9. The Morgan fingerprint density at radius 3 is 2.20 bits per heavy atom. The van der Waals surface area contributed by atoms with Gasteiger partial charge in [0.25, 0.3) is 0 Å². The Kier molecular flexibility index (Phi) is 5.34. The van der Waals surface area contributed by atoms with Crippen LogP contribution in [0.4, 0.5) is 0 Å². The first-order valence-electron chi connectivity index (χ1n) is 10.4. The Morgan fingerprint density at radius 1 is 1.07 bits per heavy atom. The Hall–Kier alpha value is -2.63. The summed E-state index contributed by atoms with van der Waals surface area (Å²) in [7, 11) is 0. The quantitative estimate of drug-likeness (QED) is 0.558. The lowest BCUT2D eigenvalue weighted by molar-refractivity contribution is -0.137. The third-order valence-electron chi connectivity index (χ3n) is 6.33. The smallest absolute Gasteiger partial charge is 0.308 e. The largest absolute Gasteiger partial charge is 0.504 e. The second-order valence-electron chi connectivity index (χ2n) is 9.51. The average molecular weight is 414 g/mol. The van der Waals surface area contributed by atoms with Crippen LogP contribution in [0.2, 0.25) is 0 Å². The summed E-state index contributed by atoms with van der Waals surface area (Å²) in [5, 5.41) is 11.3. The fourth-order valence-corrected chi connectivity index (χ4v) is 5.25. The number of phenols is 1. The van der Waals surface area contributed by atoms with E-state index < -0.39 is 28.6 Å². The maximum atomic E-state index is 13.5. The molecule has 1 saturated carbocycles. The van der Waals surface area contributed by atoms with Gasteiger partial charge in [0.1, 0.15) is 0 Å². The number of carbonyl (C=O) groups is 3. The van der Waals surface area contributed by atoms with Crippen LogP contribution in [0.1, 0.15) is 95.1 Å². The van der Waals surface area contributed by atoms with E-state index in [1.807, 2.05) is 34.6 Å². The first-order chi connectivity index (χ1) is 13.8. The molecule has 3 rings (SSSR count). The molecule has 162 valence electrons. The monoisotopic (exact) mass is 414 g/mol. The Morgan fingerprint density at radius 2 is 1.67 bits per heavy atom. The second kappa shape index (κ2) is 7.25. The molecule has 6 nitrogen and oxygen atoms in total. The summed E-state index contributed by atoms with van der Waals surface area (Å²) in [5.74, 6) is -1.64. The average Bonchev–Trinajstić information content (AvgIpc) is 2.58. The number of aromatic hydroxyl groups is 1. The van der Waals surface area contributed by atoms with Crippen LogP contribution in [-0.4, -0.2) is 22.8 Å². The highest BCUT2D eigenvalue weighted by Gasteiger charge is 2.53. The van der Waals surface area contributed by atoms with Crippen LogP contribution in [0.5, 0.6) is 11.5 Å². The summed E-state index contributed by atoms with van der Waals surface area (Å²) in [6.07, 6.45) is 2.38. The molecule has 1 aromatic carbocycles. The normalized spacial score (nSPS) is 22.5. The van der Waals surface area contributed by atoms with Crippen LogP contribution in [0.15, 0.2) is 17.4 Å². The Labute approximate surface area is 177 Å². The number of Topliss-reactive ketones (excluding diaryl/α,β-unsaturated/α-hetero) is 1. The molecule has 6 heteroatoms. The fraction of sp³-hybridized carbons (Fsp3) is 0.542. The molecule has 0 aliphatic heterocycles. The lowest BCUT2D eigenvalue weighted by Crippen LogP contribution is -2.44. The van der Waals surface area contributed by atoms with Crippen molar-refractivity contribution in [1.29, 1.82) is 0 Å². The molecule has 0 bridgehead atoms. The minimum absolute atomic E-state index is 0.0662. The number of rotatable bonds is 3. The van der Waals surface area contributed by atoms with Crippen LogP contribution in [0.3, 0.4) is 0 Å². The summed E-state index contributed by atoms with van der Waals surface area (Å²) in [4.78, 5) is 37.1. The van der Waals surface area contributed by atoms with Crippen LogP contribution in [0, 0.1) is 5.41 Å². The van der Waals surface area contributed by atoms with E-state index in [9.17, 15) is 19.5 Å². The van der Waals surface area contributed by atoms with Gasteiger partial charge in [-0.05, 0) is 35.8 Å². The van der Waals surface area contributed by atoms with Crippen molar-refractivity contribution >= 4 is 17.7 Å². The number of benzene rings is 1. The zero-order valence-corrected chi connectivity index (χ0v) is 18.8. The van der Waals surface area contributed by atoms with Crippen molar-refractivity contribution in [2.24, 2.45) is 5.41 Å². The van der Waals surface area contributed by atoms with Gasteiger partial charge in [-0.15, -0.1) is 0 Å². The molecule has 0 radical (unpaired) electrons. The SMILES string of the molecule is CC(=O)OC1=C2C(C)(C)CCC[C@]2(C)c2c(cc(C(C)C)c(OC(C)=O)c2O)C1=O. The highest BCUT2D eigenvalue weighted by molar-refractivity contribution is 6.13. The first-order valence-corrected chi connectivity index (χ1v) is 10.4. The van der Waals surface area contributed by atoms with Gasteiger partial charge in [0, 0.05) is 36.0 Å². The minimum atomic E-state index is -0.732. The van der Waals surface area contributed by atoms with E-state index in [2.05, 4.69) is 0 Å². The van der Waals surface area contributed by atoms with Crippen LogP contribution in [0.25, 0.3) is 0 Å². The van der Waals surface area contributed by atoms with Crippen molar-refractivity contribution in [2.45, 2.75) is 79.1 Å². The first kappa shape index (κ1) is 22.1. The molecular formula is C24H30O6. The molecule has 0 saturated heterocycles. The van der Waals surface area contributed by atoms with Crippen LogP contribution < -0.4 is 4.74 Å². The standard InChI is InChI=1S/C24H30O6/c1-12(2)15-11-16-17(19(28)20(15)29-13(3)25)24(7)10-8-9-23(5,6)22(24)21(18(16)27)30-14(4)26/h11-12,28H,8-10H2,1-7H3/t24-/m1/s1. The molecule has 0 amide bonds.